The number of carbonyl (C=O) groups is 2. The highest BCUT2D eigenvalue weighted by atomic mass is 32.1. The average Bonchev–Trinajstić information content (AvgIpc) is 3.40. The molecule has 0 saturated carbocycles. The summed E-state index contributed by atoms with van der Waals surface area (Å²) in [5.41, 5.74) is 5.05. The summed E-state index contributed by atoms with van der Waals surface area (Å²) in [6.45, 7) is 10.4. The smallest absolute Gasteiger partial charge is 0.269 e. The Labute approximate surface area is 216 Å². The summed E-state index contributed by atoms with van der Waals surface area (Å²) >= 11 is 1.36. The molecule has 6 heteroatoms. The predicted molar refractivity (Wildman–Crippen MR) is 148 cm³/mol. The summed E-state index contributed by atoms with van der Waals surface area (Å²) in [6, 6.07) is 20.1. The number of benzene rings is 2. The number of amides is 2. The summed E-state index contributed by atoms with van der Waals surface area (Å²) in [5, 5.41) is 4.97. The summed E-state index contributed by atoms with van der Waals surface area (Å²) in [4.78, 5) is 34.3. The van der Waals surface area contributed by atoms with Gasteiger partial charge >= 0.3 is 0 Å². The lowest BCUT2D eigenvalue weighted by atomic mass is 9.87. The Morgan fingerprint density at radius 2 is 1.61 bits per heavy atom. The highest BCUT2D eigenvalue weighted by Gasteiger charge is 2.34. The van der Waals surface area contributed by atoms with Gasteiger partial charge in [0.15, 0.2) is 0 Å². The maximum atomic E-state index is 14.0. The van der Waals surface area contributed by atoms with Crippen LogP contribution in [0.25, 0.3) is 0 Å². The van der Waals surface area contributed by atoms with E-state index in [4.69, 9.17) is 0 Å². The second-order valence-electron chi connectivity index (χ2n) is 9.89. The number of hydrogen-bond donors (Lipinski definition) is 1. The van der Waals surface area contributed by atoms with Crippen LogP contribution in [-0.4, -0.2) is 16.8 Å². The third-order valence-corrected chi connectivity index (χ3v) is 7.06. The van der Waals surface area contributed by atoms with Crippen LogP contribution in [-0.2, 0) is 10.2 Å². The van der Waals surface area contributed by atoms with Crippen molar-refractivity contribution in [2.24, 2.45) is 0 Å². The summed E-state index contributed by atoms with van der Waals surface area (Å²) in [6.07, 6.45) is 3.31. The molecule has 0 aliphatic carbocycles. The van der Waals surface area contributed by atoms with Gasteiger partial charge in [0.25, 0.3) is 11.8 Å². The molecule has 0 aliphatic heterocycles. The number of hydrogen-bond acceptors (Lipinski definition) is 4. The van der Waals surface area contributed by atoms with E-state index in [9.17, 15) is 9.59 Å². The number of nitrogens with one attached hydrogen (secondary N) is 1. The van der Waals surface area contributed by atoms with Crippen LogP contribution in [0.1, 0.15) is 58.7 Å². The van der Waals surface area contributed by atoms with Crippen molar-refractivity contribution in [3.63, 3.8) is 0 Å². The Hall–Kier alpha value is -3.77. The minimum absolute atomic E-state index is 0.0381. The zero-order valence-electron chi connectivity index (χ0n) is 21.3. The lowest BCUT2D eigenvalue weighted by Gasteiger charge is -2.32. The van der Waals surface area contributed by atoms with E-state index in [-0.39, 0.29) is 17.2 Å². The average molecular weight is 498 g/mol. The van der Waals surface area contributed by atoms with Gasteiger partial charge in [-0.3, -0.25) is 19.5 Å². The van der Waals surface area contributed by atoms with Crippen LogP contribution < -0.4 is 10.2 Å². The Balaban J connectivity index is 1.85. The molecule has 4 rings (SSSR count). The lowest BCUT2D eigenvalue weighted by molar-refractivity contribution is -0.117. The van der Waals surface area contributed by atoms with Gasteiger partial charge in [-0.05, 0) is 65.6 Å². The highest BCUT2D eigenvalue weighted by Crippen LogP contribution is 2.33. The van der Waals surface area contributed by atoms with E-state index in [2.05, 4.69) is 31.1 Å². The maximum absolute atomic E-state index is 14.0. The third kappa shape index (κ3) is 5.39. The first-order chi connectivity index (χ1) is 17.2. The van der Waals surface area contributed by atoms with Gasteiger partial charge in [-0.1, -0.05) is 63.2 Å². The zero-order chi connectivity index (χ0) is 25.9. The second kappa shape index (κ2) is 10.5. The van der Waals surface area contributed by atoms with Crippen molar-refractivity contribution in [2.45, 2.75) is 46.1 Å². The van der Waals surface area contributed by atoms with E-state index in [0.717, 1.165) is 22.4 Å². The van der Waals surface area contributed by atoms with E-state index in [0.29, 0.717) is 16.1 Å². The van der Waals surface area contributed by atoms with E-state index in [1.54, 1.807) is 29.4 Å². The minimum Gasteiger partial charge on any atom is -0.323 e. The van der Waals surface area contributed by atoms with Gasteiger partial charge in [0.2, 0.25) is 0 Å². The summed E-state index contributed by atoms with van der Waals surface area (Å²) < 4.78 is 0. The number of para-hydroxylation sites is 1. The van der Waals surface area contributed by atoms with Gasteiger partial charge in [-0.2, -0.15) is 0 Å². The van der Waals surface area contributed by atoms with Gasteiger partial charge in [-0.15, -0.1) is 11.3 Å². The summed E-state index contributed by atoms with van der Waals surface area (Å²) in [5.74, 6) is -0.538. The molecule has 0 aliphatic rings. The van der Waals surface area contributed by atoms with E-state index in [1.807, 2.05) is 73.8 Å². The molecule has 1 atom stereocenters. The van der Waals surface area contributed by atoms with Crippen molar-refractivity contribution in [1.82, 2.24) is 4.98 Å². The Morgan fingerprint density at radius 1 is 0.917 bits per heavy atom. The molecular formula is C30H31N3O2S. The van der Waals surface area contributed by atoms with E-state index < -0.39 is 6.04 Å². The monoisotopic (exact) mass is 497 g/mol. The third-order valence-electron chi connectivity index (χ3n) is 6.20. The van der Waals surface area contributed by atoms with Crippen molar-refractivity contribution in [3.05, 3.63) is 112 Å². The van der Waals surface area contributed by atoms with Gasteiger partial charge in [0, 0.05) is 29.3 Å². The first-order valence-corrected chi connectivity index (χ1v) is 12.8. The number of thiophene rings is 1. The minimum atomic E-state index is -0.923. The predicted octanol–water partition coefficient (Wildman–Crippen LogP) is 7.08. The molecule has 5 nitrogen and oxygen atoms in total. The molecule has 36 heavy (non-hydrogen) atoms. The molecule has 0 fully saturated rings. The molecule has 2 aromatic carbocycles. The van der Waals surface area contributed by atoms with Gasteiger partial charge in [-0.25, -0.2) is 0 Å². The number of aromatic nitrogens is 1. The van der Waals surface area contributed by atoms with Crippen molar-refractivity contribution >= 4 is 34.5 Å². The quantitative estimate of drug-likeness (QED) is 0.309. The van der Waals surface area contributed by atoms with Gasteiger partial charge in [0.05, 0.1) is 4.88 Å². The van der Waals surface area contributed by atoms with E-state index in [1.165, 1.54) is 11.3 Å². The zero-order valence-corrected chi connectivity index (χ0v) is 22.1. The highest BCUT2D eigenvalue weighted by molar-refractivity contribution is 7.12. The number of rotatable bonds is 6. The topological polar surface area (TPSA) is 62.3 Å². The molecule has 0 spiro atoms. The van der Waals surface area contributed by atoms with Crippen molar-refractivity contribution < 1.29 is 9.59 Å². The van der Waals surface area contributed by atoms with Gasteiger partial charge in [0.1, 0.15) is 6.04 Å². The molecular weight excluding hydrogens is 466 g/mol. The molecule has 4 aromatic rings. The molecule has 0 saturated heterocycles. The first-order valence-electron chi connectivity index (χ1n) is 11.9. The Morgan fingerprint density at radius 3 is 2.17 bits per heavy atom. The molecule has 2 aromatic heterocycles. The molecule has 0 radical (unpaired) electrons. The number of carbonyl (C=O) groups excluding carboxylic acids is 2. The largest absolute Gasteiger partial charge is 0.323 e. The number of anilines is 2. The lowest BCUT2D eigenvalue weighted by Crippen LogP contribution is -2.41. The molecule has 184 valence electrons. The van der Waals surface area contributed by atoms with Gasteiger partial charge < -0.3 is 5.32 Å². The number of nitrogens with zero attached hydrogens (tertiary/aromatic N) is 2. The number of aryl methyl sites for hydroxylation is 2. The fourth-order valence-corrected chi connectivity index (χ4v) is 4.84. The fraction of sp³-hybridized carbons (Fsp3) is 0.233. The van der Waals surface area contributed by atoms with Crippen molar-refractivity contribution in [1.29, 1.82) is 0 Å². The van der Waals surface area contributed by atoms with Crippen LogP contribution in [0.15, 0.2) is 84.5 Å². The van der Waals surface area contributed by atoms with Crippen LogP contribution in [0.2, 0.25) is 0 Å². The van der Waals surface area contributed by atoms with Crippen LogP contribution in [0.4, 0.5) is 11.4 Å². The van der Waals surface area contributed by atoms with E-state index >= 15 is 0 Å². The fourth-order valence-electron chi connectivity index (χ4n) is 4.18. The normalized spacial score (nSPS) is 12.1. The van der Waals surface area contributed by atoms with Crippen LogP contribution in [0.3, 0.4) is 0 Å². The SMILES string of the molecule is Cc1cccc(C)c1NC(=O)C(c1cccnc1)N(C(=O)c1cccs1)c1ccc(C(C)(C)C)cc1. The molecule has 2 heterocycles. The molecule has 1 N–H and O–H groups in total. The number of pyridine rings is 1. The molecule has 0 bridgehead atoms. The van der Waals surface area contributed by atoms with Crippen LogP contribution in [0, 0.1) is 13.8 Å². The standard InChI is InChI=1S/C30H31N3O2S/c1-20-9-6-10-21(2)26(20)32-28(34)27(22-11-7-17-31-19-22)33(29(35)25-12-8-18-36-25)24-15-13-23(14-16-24)30(3,4)5/h6-19,27H,1-5H3,(H,32,34). The van der Waals surface area contributed by atoms with Crippen molar-refractivity contribution in [3.8, 4) is 0 Å². The molecule has 2 amide bonds. The van der Waals surface area contributed by atoms with Crippen LogP contribution in [0.5, 0.6) is 0 Å². The summed E-state index contributed by atoms with van der Waals surface area (Å²) in [7, 11) is 0. The second-order valence-corrected chi connectivity index (χ2v) is 10.8. The molecule has 1 unspecified atom stereocenters. The van der Waals surface area contributed by atoms with Crippen LogP contribution >= 0.6 is 11.3 Å². The first kappa shape index (κ1) is 25.3. The van der Waals surface area contributed by atoms with Crippen molar-refractivity contribution in [2.75, 3.05) is 10.2 Å². The maximum Gasteiger partial charge on any atom is 0.269 e. The Kier molecular flexibility index (Phi) is 7.36. The Bertz CT molecular complexity index is 1320.